The Balaban J connectivity index is 1.47. The van der Waals surface area contributed by atoms with Gasteiger partial charge in [-0.3, -0.25) is 4.98 Å². The average molecular weight is 389 g/mol. The predicted molar refractivity (Wildman–Crippen MR) is 105 cm³/mol. The van der Waals surface area contributed by atoms with Crippen LogP contribution < -0.4 is 9.46 Å². The third kappa shape index (κ3) is 5.66. The van der Waals surface area contributed by atoms with Gasteiger partial charge in [0.25, 0.3) is 0 Å². The smallest absolute Gasteiger partial charge is 0.212 e. The van der Waals surface area contributed by atoms with Crippen molar-refractivity contribution >= 4 is 21.4 Å². The normalized spacial score (nSPS) is 11.4. The Kier molecular flexibility index (Phi) is 6.38. The largest absolute Gasteiger partial charge is 0.494 e. The summed E-state index contributed by atoms with van der Waals surface area (Å²) in [4.78, 5) is 5.40. The molecule has 3 aromatic rings. The van der Waals surface area contributed by atoms with E-state index >= 15 is 0 Å². The lowest BCUT2D eigenvalue weighted by Crippen LogP contribution is -2.26. The molecular weight excluding hydrogens is 368 g/mol. The van der Waals surface area contributed by atoms with Crippen molar-refractivity contribution in [1.29, 1.82) is 0 Å². The monoisotopic (exact) mass is 388 g/mol. The average Bonchev–Trinajstić information content (AvgIpc) is 3.20. The summed E-state index contributed by atoms with van der Waals surface area (Å²) in [7, 11) is -3.35. The SMILES string of the molecule is O=S(=O)(CCCOc1ccccc1)NCc1ccnc(-c2cccs2)c1. The van der Waals surface area contributed by atoms with Gasteiger partial charge in [0, 0.05) is 12.7 Å². The summed E-state index contributed by atoms with van der Waals surface area (Å²) < 4.78 is 32.5. The summed E-state index contributed by atoms with van der Waals surface area (Å²) in [6, 6.07) is 17.1. The summed E-state index contributed by atoms with van der Waals surface area (Å²) in [6.07, 6.45) is 2.13. The molecule has 2 aromatic heterocycles. The molecule has 3 rings (SSSR count). The molecule has 0 aliphatic heterocycles. The lowest BCUT2D eigenvalue weighted by molar-refractivity contribution is 0.317. The van der Waals surface area contributed by atoms with Crippen LogP contribution in [0.25, 0.3) is 10.6 Å². The predicted octanol–water partition coefficient (Wildman–Crippen LogP) is 3.70. The third-order valence-electron chi connectivity index (χ3n) is 3.66. The van der Waals surface area contributed by atoms with E-state index in [4.69, 9.17) is 4.74 Å². The van der Waals surface area contributed by atoms with Crippen molar-refractivity contribution in [2.24, 2.45) is 0 Å². The van der Waals surface area contributed by atoms with E-state index in [1.54, 1.807) is 17.5 Å². The van der Waals surface area contributed by atoms with E-state index in [-0.39, 0.29) is 12.3 Å². The van der Waals surface area contributed by atoms with Gasteiger partial charge in [-0.05, 0) is 47.7 Å². The van der Waals surface area contributed by atoms with E-state index in [2.05, 4.69) is 9.71 Å². The summed E-state index contributed by atoms with van der Waals surface area (Å²) >= 11 is 1.61. The van der Waals surface area contributed by atoms with Crippen LogP contribution in [0.1, 0.15) is 12.0 Å². The van der Waals surface area contributed by atoms with Crippen LogP contribution >= 0.6 is 11.3 Å². The maximum absolute atomic E-state index is 12.1. The highest BCUT2D eigenvalue weighted by atomic mass is 32.2. The molecule has 0 atom stereocenters. The zero-order chi connectivity index (χ0) is 18.2. The lowest BCUT2D eigenvalue weighted by atomic mass is 10.2. The van der Waals surface area contributed by atoms with E-state index < -0.39 is 10.0 Å². The number of ether oxygens (including phenoxy) is 1. The molecule has 1 aromatic carbocycles. The number of sulfonamides is 1. The van der Waals surface area contributed by atoms with Gasteiger partial charge in [0.15, 0.2) is 0 Å². The first kappa shape index (κ1) is 18.6. The molecule has 0 saturated carbocycles. The maximum atomic E-state index is 12.1. The molecule has 0 bridgehead atoms. The molecule has 26 heavy (non-hydrogen) atoms. The highest BCUT2D eigenvalue weighted by Crippen LogP contribution is 2.23. The molecule has 0 amide bonds. The number of para-hydroxylation sites is 1. The van der Waals surface area contributed by atoms with Crippen LogP contribution in [0.15, 0.2) is 66.2 Å². The van der Waals surface area contributed by atoms with Gasteiger partial charge in [-0.25, -0.2) is 13.1 Å². The zero-order valence-electron chi connectivity index (χ0n) is 14.2. The van der Waals surface area contributed by atoms with E-state index in [1.807, 2.05) is 60.0 Å². The number of aromatic nitrogens is 1. The summed E-state index contributed by atoms with van der Waals surface area (Å²) in [6.45, 7) is 0.617. The Morgan fingerprint density at radius 2 is 1.92 bits per heavy atom. The molecule has 0 spiro atoms. The van der Waals surface area contributed by atoms with E-state index in [0.717, 1.165) is 21.9 Å². The number of hydrogen-bond acceptors (Lipinski definition) is 5. The van der Waals surface area contributed by atoms with Crippen LogP contribution in [-0.4, -0.2) is 25.8 Å². The standard InChI is InChI=1S/C19H20N2O3S2/c22-26(23,13-5-11-24-17-6-2-1-3-7-17)21-15-16-9-10-20-18(14-16)19-8-4-12-25-19/h1-4,6-10,12,14,21H,5,11,13,15H2. The van der Waals surface area contributed by atoms with Gasteiger partial charge in [0.05, 0.1) is 22.9 Å². The fourth-order valence-corrected chi connectivity index (χ4v) is 4.09. The Morgan fingerprint density at radius 1 is 1.08 bits per heavy atom. The topological polar surface area (TPSA) is 68.3 Å². The van der Waals surface area contributed by atoms with Gasteiger partial charge in [-0.2, -0.15) is 0 Å². The first-order valence-electron chi connectivity index (χ1n) is 8.26. The van der Waals surface area contributed by atoms with Crippen molar-refractivity contribution in [1.82, 2.24) is 9.71 Å². The number of pyridine rings is 1. The molecular formula is C19H20N2O3S2. The van der Waals surface area contributed by atoms with Gasteiger partial charge in [-0.15, -0.1) is 11.3 Å². The van der Waals surface area contributed by atoms with Crippen LogP contribution in [0.2, 0.25) is 0 Å². The summed E-state index contributed by atoms with van der Waals surface area (Å²) in [5, 5.41) is 1.99. The molecule has 0 aliphatic rings. The zero-order valence-corrected chi connectivity index (χ0v) is 15.8. The molecule has 2 heterocycles. The first-order valence-corrected chi connectivity index (χ1v) is 10.8. The van der Waals surface area contributed by atoms with Gasteiger partial charge in [0.1, 0.15) is 5.75 Å². The minimum atomic E-state index is -3.35. The Labute approximate surface area is 157 Å². The Hall–Kier alpha value is -2.22. The number of nitrogens with zero attached hydrogens (tertiary/aromatic N) is 1. The molecule has 136 valence electrons. The number of nitrogens with one attached hydrogen (secondary N) is 1. The molecule has 0 fully saturated rings. The van der Waals surface area contributed by atoms with Gasteiger partial charge in [-0.1, -0.05) is 24.3 Å². The van der Waals surface area contributed by atoms with E-state index in [0.29, 0.717) is 13.0 Å². The highest BCUT2D eigenvalue weighted by molar-refractivity contribution is 7.89. The molecule has 0 aliphatic carbocycles. The Morgan fingerprint density at radius 3 is 2.69 bits per heavy atom. The molecule has 0 radical (unpaired) electrons. The van der Waals surface area contributed by atoms with Crippen molar-refractivity contribution in [3.8, 4) is 16.3 Å². The molecule has 1 N–H and O–H groups in total. The second-order valence-electron chi connectivity index (χ2n) is 5.68. The Bertz CT molecular complexity index is 911. The van der Waals surface area contributed by atoms with Gasteiger partial charge >= 0.3 is 0 Å². The van der Waals surface area contributed by atoms with Crippen LogP contribution in [-0.2, 0) is 16.6 Å². The molecule has 0 saturated heterocycles. The summed E-state index contributed by atoms with van der Waals surface area (Å²) in [5.41, 5.74) is 1.74. The van der Waals surface area contributed by atoms with Crippen molar-refractivity contribution in [2.45, 2.75) is 13.0 Å². The fraction of sp³-hybridized carbons (Fsp3) is 0.211. The number of benzene rings is 1. The minimum Gasteiger partial charge on any atom is -0.494 e. The van der Waals surface area contributed by atoms with Gasteiger partial charge in [0.2, 0.25) is 10.0 Å². The summed E-state index contributed by atoms with van der Waals surface area (Å²) in [5.74, 6) is 0.777. The number of thiophene rings is 1. The third-order valence-corrected chi connectivity index (χ3v) is 5.97. The van der Waals surface area contributed by atoms with Crippen LogP contribution in [0.3, 0.4) is 0 Å². The molecule has 0 unspecified atom stereocenters. The number of rotatable bonds is 9. The maximum Gasteiger partial charge on any atom is 0.212 e. The second kappa shape index (κ2) is 8.93. The van der Waals surface area contributed by atoms with Crippen molar-refractivity contribution in [3.63, 3.8) is 0 Å². The van der Waals surface area contributed by atoms with Crippen LogP contribution in [0.4, 0.5) is 0 Å². The van der Waals surface area contributed by atoms with Crippen molar-refractivity contribution < 1.29 is 13.2 Å². The van der Waals surface area contributed by atoms with Crippen molar-refractivity contribution in [2.75, 3.05) is 12.4 Å². The fourth-order valence-electron chi connectivity index (χ4n) is 2.36. The van der Waals surface area contributed by atoms with Crippen LogP contribution in [0, 0.1) is 0 Å². The molecule has 5 nitrogen and oxygen atoms in total. The number of hydrogen-bond donors (Lipinski definition) is 1. The molecule has 7 heteroatoms. The first-order chi connectivity index (χ1) is 12.6. The lowest BCUT2D eigenvalue weighted by Gasteiger charge is -2.09. The van der Waals surface area contributed by atoms with Gasteiger partial charge < -0.3 is 4.74 Å². The van der Waals surface area contributed by atoms with Crippen molar-refractivity contribution in [3.05, 3.63) is 71.7 Å². The quantitative estimate of drug-likeness (QED) is 0.568. The van der Waals surface area contributed by atoms with Crippen LogP contribution in [0.5, 0.6) is 5.75 Å². The van der Waals surface area contributed by atoms with E-state index in [9.17, 15) is 8.42 Å². The van der Waals surface area contributed by atoms with E-state index in [1.165, 1.54) is 0 Å². The highest BCUT2D eigenvalue weighted by Gasteiger charge is 2.10. The second-order valence-corrected chi connectivity index (χ2v) is 8.56. The minimum absolute atomic E-state index is 0.0305.